The molecule has 0 spiro atoms. The van der Waals surface area contributed by atoms with Crippen molar-refractivity contribution in [1.29, 1.82) is 0 Å². The molecule has 0 saturated heterocycles. The maximum atomic E-state index is 12.7. The summed E-state index contributed by atoms with van der Waals surface area (Å²) in [5.41, 5.74) is -1.58. The Labute approximate surface area is 198 Å². The first-order valence-corrected chi connectivity index (χ1v) is 10.1. The molecule has 0 saturated carbocycles. The summed E-state index contributed by atoms with van der Waals surface area (Å²) in [4.78, 5) is 25.7. The van der Waals surface area contributed by atoms with Gasteiger partial charge in [0.25, 0.3) is 5.91 Å². The molecular formula is C20H16ClF6N5O3. The molecule has 0 unspecified atom stereocenters. The molecular weight excluding hydrogens is 508 g/mol. The zero-order valence-corrected chi connectivity index (χ0v) is 18.2. The van der Waals surface area contributed by atoms with Gasteiger partial charge in [-0.25, -0.2) is 4.98 Å². The molecule has 2 heterocycles. The number of carbonyl (C=O) groups is 1. The van der Waals surface area contributed by atoms with E-state index in [9.17, 15) is 31.1 Å². The number of carbonyl (C=O) groups excluding carboxylic acids is 1. The molecule has 1 aliphatic rings. The van der Waals surface area contributed by atoms with Crippen LogP contribution in [-0.2, 0) is 33.4 Å². The molecule has 2 aromatic rings. The number of nitrogens with zero attached hydrogens (tertiary/aromatic N) is 3. The van der Waals surface area contributed by atoms with Gasteiger partial charge in [0.1, 0.15) is 24.5 Å². The highest BCUT2D eigenvalue weighted by molar-refractivity contribution is 6.40. The van der Waals surface area contributed by atoms with Crippen LogP contribution < -0.4 is 10.6 Å². The lowest BCUT2D eigenvalue weighted by molar-refractivity contribution is -0.138. The van der Waals surface area contributed by atoms with Crippen LogP contribution in [0.2, 0.25) is 5.02 Å². The Morgan fingerprint density at radius 2 is 1.94 bits per heavy atom. The maximum Gasteiger partial charge on any atom is 0.417 e. The lowest BCUT2D eigenvalue weighted by Gasteiger charge is -2.13. The molecule has 8 nitrogen and oxygen atoms in total. The summed E-state index contributed by atoms with van der Waals surface area (Å²) in [5.74, 6) is -0.657. The first-order chi connectivity index (χ1) is 16.4. The molecule has 15 heteroatoms. The molecule has 1 aromatic heterocycles. The third-order valence-corrected chi connectivity index (χ3v) is 4.76. The van der Waals surface area contributed by atoms with E-state index in [1.54, 1.807) is 0 Å². The molecule has 0 radical (unpaired) electrons. The molecule has 2 N–H and O–H groups in total. The Morgan fingerprint density at radius 1 is 1.20 bits per heavy atom. The van der Waals surface area contributed by atoms with Crippen LogP contribution in [0, 0.1) is 0 Å². The van der Waals surface area contributed by atoms with Gasteiger partial charge in [0.2, 0.25) is 0 Å². The Balaban J connectivity index is 1.40. The summed E-state index contributed by atoms with van der Waals surface area (Å²) >= 11 is 5.81. The summed E-state index contributed by atoms with van der Waals surface area (Å²) in [6.45, 7) is -0.207. The Morgan fingerprint density at radius 3 is 2.63 bits per heavy atom. The number of rotatable bonds is 8. The van der Waals surface area contributed by atoms with E-state index in [-0.39, 0.29) is 41.7 Å². The van der Waals surface area contributed by atoms with E-state index in [2.05, 4.69) is 25.9 Å². The van der Waals surface area contributed by atoms with E-state index >= 15 is 0 Å². The molecule has 1 atom stereocenters. The van der Waals surface area contributed by atoms with E-state index in [1.165, 1.54) is 12.1 Å². The van der Waals surface area contributed by atoms with Crippen LogP contribution in [0.5, 0.6) is 0 Å². The lowest BCUT2D eigenvalue weighted by atomic mass is 10.1. The van der Waals surface area contributed by atoms with E-state index in [0.717, 1.165) is 24.5 Å². The van der Waals surface area contributed by atoms with Crippen molar-refractivity contribution in [2.45, 2.75) is 31.5 Å². The van der Waals surface area contributed by atoms with Crippen LogP contribution >= 0.6 is 11.6 Å². The number of halogens is 7. The van der Waals surface area contributed by atoms with Gasteiger partial charge in [0, 0.05) is 12.6 Å². The predicted octanol–water partition coefficient (Wildman–Crippen LogP) is 4.61. The van der Waals surface area contributed by atoms with Gasteiger partial charge in [-0.2, -0.15) is 26.3 Å². The zero-order chi connectivity index (χ0) is 25.6. The third kappa shape index (κ3) is 7.47. The van der Waals surface area contributed by atoms with Crippen molar-refractivity contribution in [2.24, 2.45) is 10.3 Å². The van der Waals surface area contributed by atoms with Crippen molar-refractivity contribution < 1.29 is 40.8 Å². The second-order valence-corrected chi connectivity index (χ2v) is 7.49. The van der Waals surface area contributed by atoms with Gasteiger partial charge >= 0.3 is 12.4 Å². The number of hydrogen-bond donors (Lipinski definition) is 2. The maximum absolute atomic E-state index is 12.7. The van der Waals surface area contributed by atoms with Gasteiger partial charge in [-0.1, -0.05) is 34.0 Å². The van der Waals surface area contributed by atoms with Crippen LogP contribution in [0.3, 0.4) is 0 Å². The fourth-order valence-electron chi connectivity index (χ4n) is 2.76. The summed E-state index contributed by atoms with van der Waals surface area (Å²) in [7, 11) is 0. The van der Waals surface area contributed by atoms with Crippen molar-refractivity contribution >= 4 is 35.4 Å². The quantitative estimate of drug-likeness (QED) is 0.228. The number of hydrogen-bond acceptors (Lipinski definition) is 7. The second-order valence-electron chi connectivity index (χ2n) is 7.08. The standard InChI is InChI=1S/C20H16ClF6N5O3/c21-15-5-13(20(25,26)27)7-28-17(15)29-8-14-6-16(32-35-14)18(33)30-10-31-34-9-11-2-1-3-12(4-11)19(22,23)24/h1-5,7,10,14H,6,8-9H2,(H,28,29)(H,30,31,33)/t14-/m0/s1. The average molecular weight is 524 g/mol. The first kappa shape index (κ1) is 26.1. The van der Waals surface area contributed by atoms with Crippen molar-refractivity contribution in [3.8, 4) is 0 Å². The minimum atomic E-state index is -4.58. The number of amides is 1. The molecule has 35 heavy (non-hydrogen) atoms. The molecule has 1 aliphatic heterocycles. The van der Waals surface area contributed by atoms with Crippen molar-refractivity contribution in [1.82, 2.24) is 10.3 Å². The molecule has 1 amide bonds. The average Bonchev–Trinajstić information content (AvgIpc) is 3.26. The SMILES string of the molecule is O=C(NC=NOCc1cccc(C(F)(F)F)c1)C1=NO[C@H](CNc2ncc(C(F)(F)F)cc2Cl)C1. The van der Waals surface area contributed by atoms with E-state index in [1.807, 2.05) is 0 Å². The van der Waals surface area contributed by atoms with E-state index in [4.69, 9.17) is 21.3 Å². The van der Waals surface area contributed by atoms with Crippen LogP contribution in [0.4, 0.5) is 32.2 Å². The summed E-state index contributed by atoms with van der Waals surface area (Å²) in [6, 6.07) is 5.23. The lowest BCUT2D eigenvalue weighted by Crippen LogP contribution is -2.31. The van der Waals surface area contributed by atoms with Gasteiger partial charge in [-0.15, -0.1) is 0 Å². The monoisotopic (exact) mass is 523 g/mol. The number of oxime groups is 2. The van der Waals surface area contributed by atoms with Crippen LogP contribution in [-0.4, -0.2) is 35.6 Å². The molecule has 1 aromatic carbocycles. The normalized spacial score (nSPS) is 16.1. The number of anilines is 1. The Hall–Kier alpha value is -3.55. The van der Waals surface area contributed by atoms with Crippen molar-refractivity contribution in [3.63, 3.8) is 0 Å². The molecule has 0 fully saturated rings. The van der Waals surface area contributed by atoms with Crippen LogP contribution in [0.15, 0.2) is 46.8 Å². The topological polar surface area (TPSA) is 97.2 Å². The second kappa shape index (κ2) is 10.8. The first-order valence-electron chi connectivity index (χ1n) is 9.73. The molecule has 188 valence electrons. The smallest absolute Gasteiger partial charge is 0.390 e. The zero-order valence-electron chi connectivity index (χ0n) is 17.5. The minimum Gasteiger partial charge on any atom is -0.390 e. The van der Waals surface area contributed by atoms with Gasteiger partial charge in [0.15, 0.2) is 6.10 Å². The van der Waals surface area contributed by atoms with Gasteiger partial charge < -0.3 is 20.3 Å². The molecule has 0 bridgehead atoms. The van der Waals surface area contributed by atoms with Crippen molar-refractivity contribution in [3.05, 3.63) is 58.2 Å². The number of nitrogens with one attached hydrogen (secondary N) is 2. The summed E-state index contributed by atoms with van der Waals surface area (Å²) < 4.78 is 76.1. The highest BCUT2D eigenvalue weighted by Crippen LogP contribution is 2.32. The fourth-order valence-corrected chi connectivity index (χ4v) is 2.99. The number of benzene rings is 1. The van der Waals surface area contributed by atoms with Gasteiger partial charge in [-0.3, -0.25) is 4.79 Å². The summed E-state index contributed by atoms with van der Waals surface area (Å²) in [6.07, 6.45) is -8.08. The number of aromatic nitrogens is 1. The summed E-state index contributed by atoms with van der Waals surface area (Å²) in [5, 5.41) is 11.8. The highest BCUT2D eigenvalue weighted by atomic mass is 35.5. The molecule has 3 rings (SSSR count). The number of alkyl halides is 6. The van der Waals surface area contributed by atoms with Crippen LogP contribution in [0.1, 0.15) is 23.1 Å². The van der Waals surface area contributed by atoms with Gasteiger partial charge in [-0.05, 0) is 23.8 Å². The predicted molar refractivity (Wildman–Crippen MR) is 113 cm³/mol. The van der Waals surface area contributed by atoms with Crippen molar-refractivity contribution in [2.75, 3.05) is 11.9 Å². The largest absolute Gasteiger partial charge is 0.417 e. The van der Waals surface area contributed by atoms with E-state index in [0.29, 0.717) is 6.20 Å². The van der Waals surface area contributed by atoms with Crippen LogP contribution in [0.25, 0.3) is 0 Å². The minimum absolute atomic E-state index is 0.00576. The third-order valence-electron chi connectivity index (χ3n) is 4.47. The molecule has 0 aliphatic carbocycles. The fraction of sp³-hybridized carbons (Fsp3) is 0.300. The van der Waals surface area contributed by atoms with Gasteiger partial charge in [0.05, 0.1) is 22.7 Å². The Kier molecular flexibility index (Phi) is 8.04. The van der Waals surface area contributed by atoms with E-state index < -0.39 is 35.5 Å². The highest BCUT2D eigenvalue weighted by Gasteiger charge is 2.32. The number of pyridine rings is 1. The Bertz CT molecular complexity index is 1120.